The van der Waals surface area contributed by atoms with Gasteiger partial charge in [-0.05, 0) is 42.8 Å². The van der Waals surface area contributed by atoms with E-state index in [1.54, 1.807) is 0 Å². The van der Waals surface area contributed by atoms with Crippen molar-refractivity contribution in [2.45, 2.75) is 12.5 Å². The number of anilines is 1. The van der Waals surface area contributed by atoms with Crippen LogP contribution >= 0.6 is 0 Å². The first-order chi connectivity index (χ1) is 9.81. The number of hydrogen-bond acceptors (Lipinski definition) is 2. The number of rotatable bonds is 4. The highest BCUT2D eigenvalue weighted by atomic mass is 19.1. The van der Waals surface area contributed by atoms with Crippen LogP contribution in [0, 0.1) is 17.5 Å². The Morgan fingerprint density at radius 2 is 1.67 bits per heavy atom. The van der Waals surface area contributed by atoms with E-state index in [4.69, 9.17) is 5.73 Å². The number of nitrogens with one attached hydrogen (secondary N) is 1. The average molecular weight is 294 g/mol. The predicted octanol–water partition coefficient (Wildman–Crippen LogP) is 2.92. The van der Waals surface area contributed by atoms with E-state index in [-0.39, 0.29) is 11.3 Å². The maximum absolute atomic E-state index is 13.3. The SMILES string of the molecule is CC(Nc1cccc(F)c1)(C(N)=O)c1cc(F)cc(F)c1. The fraction of sp³-hybridized carbons (Fsp3) is 0.133. The Kier molecular flexibility index (Phi) is 3.88. The highest BCUT2D eigenvalue weighted by Crippen LogP contribution is 2.27. The van der Waals surface area contributed by atoms with Gasteiger partial charge in [0, 0.05) is 11.8 Å². The van der Waals surface area contributed by atoms with Crippen molar-refractivity contribution >= 4 is 11.6 Å². The fourth-order valence-electron chi connectivity index (χ4n) is 1.97. The summed E-state index contributed by atoms with van der Waals surface area (Å²) in [4.78, 5) is 11.8. The lowest BCUT2D eigenvalue weighted by Crippen LogP contribution is -2.45. The Morgan fingerprint density at radius 3 is 2.19 bits per heavy atom. The van der Waals surface area contributed by atoms with E-state index in [2.05, 4.69) is 5.32 Å². The van der Waals surface area contributed by atoms with E-state index in [0.29, 0.717) is 6.07 Å². The van der Waals surface area contributed by atoms with E-state index >= 15 is 0 Å². The molecule has 0 bridgehead atoms. The molecule has 2 aromatic rings. The molecule has 1 unspecified atom stereocenters. The topological polar surface area (TPSA) is 55.1 Å². The first kappa shape index (κ1) is 14.9. The molecule has 0 fully saturated rings. The van der Waals surface area contributed by atoms with Crippen molar-refractivity contribution < 1.29 is 18.0 Å². The molecule has 1 amide bonds. The van der Waals surface area contributed by atoms with Crippen LogP contribution in [-0.2, 0) is 10.3 Å². The summed E-state index contributed by atoms with van der Waals surface area (Å²) < 4.78 is 39.9. The van der Waals surface area contributed by atoms with Gasteiger partial charge in [0.1, 0.15) is 23.0 Å². The van der Waals surface area contributed by atoms with Crippen molar-refractivity contribution in [3.63, 3.8) is 0 Å². The van der Waals surface area contributed by atoms with Crippen molar-refractivity contribution in [3.8, 4) is 0 Å². The molecule has 0 aliphatic heterocycles. The van der Waals surface area contributed by atoms with Gasteiger partial charge in [0.2, 0.25) is 5.91 Å². The van der Waals surface area contributed by atoms with E-state index in [0.717, 1.165) is 18.2 Å². The second-order valence-corrected chi connectivity index (χ2v) is 4.78. The number of primary amides is 1. The number of halogens is 3. The van der Waals surface area contributed by atoms with Gasteiger partial charge in [0.15, 0.2) is 0 Å². The van der Waals surface area contributed by atoms with Crippen LogP contribution in [0.25, 0.3) is 0 Å². The van der Waals surface area contributed by atoms with Crippen LogP contribution in [0.5, 0.6) is 0 Å². The van der Waals surface area contributed by atoms with E-state index in [9.17, 15) is 18.0 Å². The highest BCUT2D eigenvalue weighted by molar-refractivity contribution is 5.89. The van der Waals surface area contributed by atoms with Crippen LogP contribution in [0.15, 0.2) is 42.5 Å². The normalized spacial score (nSPS) is 13.5. The maximum Gasteiger partial charge on any atom is 0.247 e. The Balaban J connectivity index is 2.47. The molecule has 0 saturated heterocycles. The minimum atomic E-state index is -1.59. The summed E-state index contributed by atoms with van der Waals surface area (Å²) in [7, 11) is 0. The van der Waals surface area contributed by atoms with Gasteiger partial charge in [-0.3, -0.25) is 4.79 Å². The standard InChI is InChI=1S/C15H13F3N2O/c1-15(14(19)21,9-5-11(17)7-12(18)6-9)20-13-4-2-3-10(16)8-13/h2-8,20H,1H3,(H2,19,21). The smallest absolute Gasteiger partial charge is 0.247 e. The predicted molar refractivity (Wildman–Crippen MR) is 72.9 cm³/mol. The van der Waals surface area contributed by atoms with Crippen LogP contribution in [-0.4, -0.2) is 5.91 Å². The molecule has 2 aromatic carbocycles. The van der Waals surface area contributed by atoms with Crippen LogP contribution in [0.3, 0.4) is 0 Å². The summed E-state index contributed by atoms with van der Waals surface area (Å²) >= 11 is 0. The molecule has 1 atom stereocenters. The number of carbonyl (C=O) groups is 1. The number of carbonyl (C=O) groups excluding carboxylic acids is 1. The van der Waals surface area contributed by atoms with Gasteiger partial charge < -0.3 is 11.1 Å². The third kappa shape index (κ3) is 3.16. The molecule has 3 nitrogen and oxygen atoms in total. The molecule has 6 heteroatoms. The number of benzene rings is 2. The lowest BCUT2D eigenvalue weighted by molar-refractivity contribution is -0.122. The maximum atomic E-state index is 13.3. The molecule has 0 spiro atoms. The molecular weight excluding hydrogens is 281 g/mol. The zero-order valence-electron chi connectivity index (χ0n) is 11.2. The Morgan fingerprint density at radius 1 is 1.05 bits per heavy atom. The third-order valence-electron chi connectivity index (χ3n) is 3.15. The van der Waals surface area contributed by atoms with Gasteiger partial charge in [-0.2, -0.15) is 0 Å². The van der Waals surface area contributed by atoms with Crippen molar-refractivity contribution in [2.24, 2.45) is 5.73 Å². The largest absolute Gasteiger partial charge is 0.368 e. The summed E-state index contributed by atoms with van der Waals surface area (Å²) in [5.41, 5.74) is 4.04. The van der Waals surface area contributed by atoms with Crippen LogP contribution in [0.4, 0.5) is 18.9 Å². The van der Waals surface area contributed by atoms with Crippen molar-refractivity contribution in [1.82, 2.24) is 0 Å². The fourth-order valence-corrected chi connectivity index (χ4v) is 1.97. The molecule has 0 aromatic heterocycles. The summed E-state index contributed by atoms with van der Waals surface area (Å²) in [5.74, 6) is -3.04. The van der Waals surface area contributed by atoms with Crippen molar-refractivity contribution in [1.29, 1.82) is 0 Å². The quantitative estimate of drug-likeness (QED) is 0.911. The molecule has 2 rings (SSSR count). The Hall–Kier alpha value is -2.50. The molecule has 0 aliphatic carbocycles. The highest BCUT2D eigenvalue weighted by Gasteiger charge is 2.34. The summed E-state index contributed by atoms with van der Waals surface area (Å²) in [6, 6.07) is 8.02. The molecule has 0 heterocycles. The average Bonchev–Trinajstić information content (AvgIpc) is 2.37. The number of hydrogen-bond donors (Lipinski definition) is 2. The van der Waals surface area contributed by atoms with Gasteiger partial charge >= 0.3 is 0 Å². The minimum Gasteiger partial charge on any atom is -0.368 e. The van der Waals surface area contributed by atoms with Crippen molar-refractivity contribution in [2.75, 3.05) is 5.32 Å². The Bertz CT molecular complexity index is 670. The summed E-state index contributed by atoms with van der Waals surface area (Å²) in [6.07, 6.45) is 0. The van der Waals surface area contributed by atoms with Gasteiger partial charge in [-0.1, -0.05) is 6.07 Å². The van der Waals surface area contributed by atoms with Gasteiger partial charge in [0.25, 0.3) is 0 Å². The second-order valence-electron chi connectivity index (χ2n) is 4.78. The Labute approximate surface area is 119 Å². The minimum absolute atomic E-state index is 0.0109. The first-order valence-electron chi connectivity index (χ1n) is 6.11. The van der Waals surface area contributed by atoms with Gasteiger partial charge in [0.05, 0.1) is 0 Å². The lowest BCUT2D eigenvalue weighted by Gasteiger charge is -2.29. The monoisotopic (exact) mass is 294 g/mol. The molecule has 0 saturated carbocycles. The summed E-state index contributed by atoms with van der Waals surface area (Å²) in [6.45, 7) is 1.37. The number of amides is 1. The molecular formula is C15H13F3N2O. The third-order valence-corrected chi connectivity index (χ3v) is 3.15. The van der Waals surface area contributed by atoms with Crippen LogP contribution in [0.1, 0.15) is 12.5 Å². The van der Waals surface area contributed by atoms with Crippen molar-refractivity contribution in [3.05, 3.63) is 65.5 Å². The molecule has 110 valence electrons. The van der Waals surface area contributed by atoms with Crippen LogP contribution < -0.4 is 11.1 Å². The molecule has 3 N–H and O–H groups in total. The van der Waals surface area contributed by atoms with E-state index in [1.165, 1.54) is 25.1 Å². The molecule has 21 heavy (non-hydrogen) atoms. The first-order valence-corrected chi connectivity index (χ1v) is 6.11. The number of nitrogens with two attached hydrogens (primary N) is 1. The molecule has 0 radical (unpaired) electrons. The second kappa shape index (κ2) is 5.47. The zero-order chi connectivity index (χ0) is 15.6. The molecule has 0 aliphatic rings. The summed E-state index contributed by atoms with van der Waals surface area (Å²) in [5, 5.41) is 2.72. The van der Waals surface area contributed by atoms with Crippen LogP contribution in [0.2, 0.25) is 0 Å². The zero-order valence-corrected chi connectivity index (χ0v) is 11.2. The van der Waals surface area contributed by atoms with E-state index in [1.807, 2.05) is 0 Å². The lowest BCUT2D eigenvalue weighted by atomic mass is 9.90. The van der Waals surface area contributed by atoms with E-state index < -0.39 is 28.9 Å². The van der Waals surface area contributed by atoms with Gasteiger partial charge in [-0.25, -0.2) is 13.2 Å². The van der Waals surface area contributed by atoms with Gasteiger partial charge in [-0.15, -0.1) is 0 Å².